The summed E-state index contributed by atoms with van der Waals surface area (Å²) >= 11 is 0. The zero-order valence-corrected chi connectivity index (χ0v) is 35.1. The fourth-order valence-corrected chi connectivity index (χ4v) is 13.2. The van der Waals surface area contributed by atoms with Gasteiger partial charge in [-0.05, 0) is 118 Å². The van der Waals surface area contributed by atoms with Crippen molar-refractivity contribution in [2.75, 3.05) is 6.61 Å². The van der Waals surface area contributed by atoms with E-state index in [0.29, 0.717) is 19.3 Å². The molecule has 0 radical (unpaired) electrons. The van der Waals surface area contributed by atoms with Crippen LogP contribution in [0.25, 0.3) is 0 Å². The highest BCUT2D eigenvalue weighted by Crippen LogP contribution is 2.76. The number of ether oxygens (including phenoxy) is 4. The monoisotopic (exact) mass is 816 g/mol. The molecule has 10 N–H and O–H groups in total. The quantitative estimate of drug-likeness (QED) is 0.0855. The molecule has 57 heavy (non-hydrogen) atoms. The fourth-order valence-electron chi connectivity index (χ4n) is 13.2. The van der Waals surface area contributed by atoms with Crippen molar-refractivity contribution >= 4 is 0 Å². The van der Waals surface area contributed by atoms with E-state index in [4.69, 9.17) is 18.9 Å². The summed E-state index contributed by atoms with van der Waals surface area (Å²) in [6.45, 7) is 17.3. The topological polar surface area (TPSA) is 248 Å². The second-order valence-electron chi connectivity index (χ2n) is 20.8. The van der Waals surface area contributed by atoms with Gasteiger partial charge in [-0.2, -0.15) is 0 Å². The lowest BCUT2D eigenvalue weighted by atomic mass is 9.35. The first kappa shape index (κ1) is 45.7. The van der Waals surface area contributed by atoms with Gasteiger partial charge in [0.15, 0.2) is 12.6 Å². The number of rotatable bonds is 10. The molecule has 0 bridgehead atoms. The molecule has 330 valence electrons. The Morgan fingerprint density at radius 1 is 0.719 bits per heavy atom. The van der Waals surface area contributed by atoms with Crippen LogP contribution < -0.4 is 0 Å². The summed E-state index contributed by atoms with van der Waals surface area (Å²) in [5.74, 6) is -0.350. The van der Waals surface area contributed by atoms with Crippen molar-refractivity contribution < 1.29 is 75.1 Å². The van der Waals surface area contributed by atoms with E-state index in [1.165, 1.54) is 6.92 Å². The van der Waals surface area contributed by atoms with Crippen LogP contribution in [0.1, 0.15) is 107 Å². The standard InChI is InChI=1S/C42H72O15/c1-20-28(45)30(47)32(49)35(54-20)53-19-24-29(46)31(48)33(50)36(55-24)56-42(9,14-10-13-37(2,3)57-52)21-11-15-41(8)27(21)22(43)17-26-39(6)18-23(44)34(51)38(4,5)25(39)12-16-40(26,41)7/h10,13,20-36,43-52H,11-12,14-19H2,1-9H3/t20-,21-,22+,23+,24+,25-,26+,27-,28-,29+,30+,31-,32+,33+,34-,35+,36-,39-,40+,41+,42-/m0/s1. The van der Waals surface area contributed by atoms with Gasteiger partial charge in [-0.25, -0.2) is 4.89 Å². The summed E-state index contributed by atoms with van der Waals surface area (Å²) in [6.07, 6.45) is -9.13. The highest BCUT2D eigenvalue weighted by atomic mass is 17.1. The van der Waals surface area contributed by atoms with Gasteiger partial charge in [-0.15, -0.1) is 0 Å². The summed E-state index contributed by atoms with van der Waals surface area (Å²) in [5, 5.41) is 109. The maximum atomic E-state index is 12.4. The van der Waals surface area contributed by atoms with Crippen molar-refractivity contribution in [3.63, 3.8) is 0 Å². The molecule has 0 aromatic rings. The Labute approximate surface area is 336 Å². The van der Waals surface area contributed by atoms with Gasteiger partial charge < -0.3 is 64.9 Å². The number of hydrogen-bond donors (Lipinski definition) is 10. The Kier molecular flexibility index (Phi) is 12.7. The van der Waals surface area contributed by atoms with Crippen LogP contribution in [-0.4, -0.2) is 149 Å². The lowest BCUT2D eigenvalue weighted by Gasteiger charge is -2.71. The first-order chi connectivity index (χ1) is 26.3. The molecule has 0 unspecified atom stereocenters. The minimum atomic E-state index is -1.72. The van der Waals surface area contributed by atoms with E-state index >= 15 is 0 Å². The van der Waals surface area contributed by atoms with Gasteiger partial charge in [0.05, 0.1) is 36.6 Å². The van der Waals surface area contributed by atoms with E-state index in [2.05, 4.69) is 39.5 Å². The summed E-state index contributed by atoms with van der Waals surface area (Å²) in [4.78, 5) is 4.66. The zero-order valence-electron chi connectivity index (χ0n) is 35.1. The van der Waals surface area contributed by atoms with Gasteiger partial charge in [-0.3, -0.25) is 5.26 Å². The van der Waals surface area contributed by atoms with Crippen LogP contribution in [-0.2, 0) is 23.8 Å². The van der Waals surface area contributed by atoms with Crippen molar-refractivity contribution in [1.29, 1.82) is 0 Å². The van der Waals surface area contributed by atoms with Gasteiger partial charge in [0, 0.05) is 0 Å². The number of hydrogen-bond acceptors (Lipinski definition) is 15. The summed E-state index contributed by atoms with van der Waals surface area (Å²) in [7, 11) is 0. The van der Waals surface area contributed by atoms with Crippen LogP contribution in [0, 0.1) is 45.3 Å². The second-order valence-corrected chi connectivity index (χ2v) is 20.8. The third-order valence-electron chi connectivity index (χ3n) is 16.7. The van der Waals surface area contributed by atoms with E-state index in [1.54, 1.807) is 19.9 Å². The highest BCUT2D eigenvalue weighted by Gasteiger charge is 2.72. The van der Waals surface area contributed by atoms with Crippen LogP contribution in [0.4, 0.5) is 0 Å². The maximum absolute atomic E-state index is 12.4. The molecule has 0 aromatic heterocycles. The predicted octanol–water partition coefficient (Wildman–Crippen LogP) is 1.62. The minimum absolute atomic E-state index is 0.0645. The average molecular weight is 817 g/mol. The smallest absolute Gasteiger partial charge is 0.187 e. The van der Waals surface area contributed by atoms with Gasteiger partial charge in [0.25, 0.3) is 0 Å². The van der Waals surface area contributed by atoms with Crippen LogP contribution in [0.2, 0.25) is 0 Å². The van der Waals surface area contributed by atoms with Gasteiger partial charge in [0.2, 0.25) is 0 Å². The molecular formula is C42H72O15. The van der Waals surface area contributed by atoms with E-state index in [0.717, 1.165) is 19.3 Å². The molecule has 6 rings (SSSR count). The van der Waals surface area contributed by atoms with Crippen LogP contribution in [0.15, 0.2) is 12.2 Å². The molecule has 0 aromatic carbocycles. The second kappa shape index (κ2) is 15.8. The Bertz CT molecular complexity index is 1450. The molecule has 2 aliphatic heterocycles. The molecule has 4 aliphatic carbocycles. The molecule has 21 atom stereocenters. The molecular weight excluding hydrogens is 744 g/mol. The summed E-state index contributed by atoms with van der Waals surface area (Å²) in [5.41, 5.74) is -3.65. The summed E-state index contributed by atoms with van der Waals surface area (Å²) in [6, 6.07) is 0. The van der Waals surface area contributed by atoms with Crippen molar-refractivity contribution in [2.24, 2.45) is 45.3 Å². The molecule has 0 amide bonds. The summed E-state index contributed by atoms with van der Waals surface area (Å²) < 4.78 is 24.2. The molecule has 2 heterocycles. The number of aliphatic hydroxyl groups is 9. The molecule has 4 saturated carbocycles. The van der Waals surface area contributed by atoms with Crippen LogP contribution in [0.5, 0.6) is 0 Å². The van der Waals surface area contributed by atoms with Crippen molar-refractivity contribution in [3.05, 3.63) is 12.2 Å². The number of fused-ring (bicyclic) bond motifs is 5. The fraction of sp³-hybridized carbons (Fsp3) is 0.952. The van der Waals surface area contributed by atoms with E-state index in [-0.39, 0.29) is 46.3 Å². The molecule has 0 spiro atoms. The lowest BCUT2D eigenvalue weighted by Crippen LogP contribution is -2.68. The van der Waals surface area contributed by atoms with Crippen LogP contribution >= 0.6 is 0 Å². The van der Waals surface area contributed by atoms with Gasteiger partial charge in [0.1, 0.15) is 48.3 Å². The van der Waals surface area contributed by atoms with Crippen LogP contribution in [0.3, 0.4) is 0 Å². The molecule has 15 heteroatoms. The Hall–Kier alpha value is -0.860. The maximum Gasteiger partial charge on any atom is 0.187 e. The molecule has 2 saturated heterocycles. The normalized spacial score (nSPS) is 52.5. The lowest BCUT2D eigenvalue weighted by molar-refractivity contribution is -0.348. The number of aliphatic hydroxyl groups excluding tert-OH is 9. The highest BCUT2D eigenvalue weighted by molar-refractivity contribution is 5.21. The third kappa shape index (κ3) is 7.49. The average Bonchev–Trinajstić information content (AvgIpc) is 3.53. The van der Waals surface area contributed by atoms with Crippen molar-refractivity contribution in [1.82, 2.24) is 0 Å². The third-order valence-corrected chi connectivity index (χ3v) is 16.7. The van der Waals surface area contributed by atoms with E-state index in [1.807, 2.05) is 13.0 Å². The van der Waals surface area contributed by atoms with Crippen molar-refractivity contribution in [3.8, 4) is 0 Å². The van der Waals surface area contributed by atoms with E-state index < -0.39 is 103 Å². The van der Waals surface area contributed by atoms with Crippen molar-refractivity contribution in [2.45, 2.75) is 198 Å². The molecule has 6 aliphatic rings. The van der Waals surface area contributed by atoms with Gasteiger partial charge >= 0.3 is 0 Å². The zero-order chi connectivity index (χ0) is 42.4. The largest absolute Gasteiger partial charge is 0.393 e. The minimum Gasteiger partial charge on any atom is -0.393 e. The first-order valence-corrected chi connectivity index (χ1v) is 21.0. The Morgan fingerprint density at radius 2 is 1.33 bits per heavy atom. The van der Waals surface area contributed by atoms with Gasteiger partial charge in [-0.1, -0.05) is 46.8 Å². The van der Waals surface area contributed by atoms with E-state index in [9.17, 15) is 51.2 Å². The molecule has 6 fully saturated rings. The Balaban J connectivity index is 1.29. The molecule has 15 nitrogen and oxygen atoms in total. The SMILES string of the molecule is C[C@@H]1O[C@@H](OC[C@H]2O[C@@H](O[C@@](C)(CC=CC(C)(C)OO)[C@H]3CC[C@]4(C)[C@@H]3[C@H](O)C[C@@H]3[C@@]5(C)C[C@@H](O)[C@H](O)C(C)(C)[C@@H]5CC[C@]34C)[C@H](O)[C@@H](O)[C@@H]2O)[C@H](O)[C@H](O)[C@H]1O. The Morgan fingerprint density at radius 3 is 1.98 bits per heavy atom. The first-order valence-electron chi connectivity index (χ1n) is 21.0. The predicted molar refractivity (Wildman–Crippen MR) is 204 cm³/mol.